The van der Waals surface area contributed by atoms with Crippen LogP contribution >= 0.6 is 0 Å². The maximum atomic E-state index is 10.8. The molecule has 5 heteroatoms. The zero-order valence-corrected chi connectivity index (χ0v) is 11.0. The summed E-state index contributed by atoms with van der Waals surface area (Å²) in [7, 11) is 2.00. The normalized spacial score (nSPS) is 16.9. The highest BCUT2D eigenvalue weighted by Gasteiger charge is 2.15. The van der Waals surface area contributed by atoms with E-state index in [1.54, 1.807) is 6.07 Å². The van der Waals surface area contributed by atoms with E-state index >= 15 is 0 Å². The molecule has 1 aliphatic rings. The second-order valence-corrected chi connectivity index (χ2v) is 4.84. The quantitative estimate of drug-likeness (QED) is 0.778. The monoisotopic (exact) mass is 259 g/mol. The van der Waals surface area contributed by atoms with Crippen molar-refractivity contribution in [1.29, 1.82) is 0 Å². The van der Waals surface area contributed by atoms with Gasteiger partial charge in [0.05, 0.1) is 30.8 Å². The molecule has 0 saturated carbocycles. The molecule has 100 valence electrons. The summed E-state index contributed by atoms with van der Waals surface area (Å²) in [6, 6.07) is 5.60. The highest BCUT2D eigenvalue weighted by Crippen LogP contribution is 2.17. The lowest BCUT2D eigenvalue weighted by atomic mass is 10.2. The number of morpholine rings is 1. The van der Waals surface area contributed by atoms with Gasteiger partial charge in [-0.25, -0.2) is 4.98 Å². The Morgan fingerprint density at radius 1 is 1.37 bits per heavy atom. The molecule has 0 aliphatic carbocycles. The zero-order chi connectivity index (χ0) is 13.2. The Hall–Kier alpha value is -1.72. The van der Waals surface area contributed by atoms with Crippen LogP contribution in [0, 0.1) is 0 Å². The number of aldehydes is 1. The van der Waals surface area contributed by atoms with E-state index in [9.17, 15) is 4.79 Å². The maximum absolute atomic E-state index is 10.8. The number of fused-ring (bicyclic) bond motifs is 1. The van der Waals surface area contributed by atoms with Gasteiger partial charge in [-0.1, -0.05) is 0 Å². The smallest absolute Gasteiger partial charge is 0.150 e. The number of carbonyl (C=O) groups is 1. The Bertz CT molecular complexity index is 600. The molecule has 0 atom stereocenters. The molecule has 0 N–H and O–H groups in total. The van der Waals surface area contributed by atoms with Crippen LogP contribution in [0.1, 0.15) is 16.2 Å². The third-order valence-corrected chi connectivity index (χ3v) is 3.60. The standard InChI is InChI=1S/C14H17N3O2/c1-16-13-8-11(10-18)2-3-12(13)15-14(16)9-17-4-6-19-7-5-17/h2-3,8,10H,4-7,9H2,1H3. The fraction of sp³-hybridized carbons (Fsp3) is 0.429. The summed E-state index contributed by atoms with van der Waals surface area (Å²) in [4.78, 5) is 17.8. The van der Waals surface area contributed by atoms with E-state index in [-0.39, 0.29) is 0 Å². The first-order valence-electron chi connectivity index (χ1n) is 6.48. The number of hydrogen-bond donors (Lipinski definition) is 0. The Morgan fingerprint density at radius 2 is 2.16 bits per heavy atom. The van der Waals surface area contributed by atoms with Gasteiger partial charge in [0.15, 0.2) is 0 Å². The van der Waals surface area contributed by atoms with E-state index in [1.165, 1.54) is 0 Å². The average molecular weight is 259 g/mol. The van der Waals surface area contributed by atoms with Gasteiger partial charge in [0.25, 0.3) is 0 Å². The van der Waals surface area contributed by atoms with E-state index in [1.807, 2.05) is 19.2 Å². The number of nitrogens with zero attached hydrogens (tertiary/aromatic N) is 3. The number of benzene rings is 1. The second-order valence-electron chi connectivity index (χ2n) is 4.84. The van der Waals surface area contributed by atoms with E-state index in [2.05, 4.69) is 14.5 Å². The summed E-state index contributed by atoms with van der Waals surface area (Å²) in [6.45, 7) is 4.30. The van der Waals surface area contributed by atoms with Gasteiger partial charge in [0.1, 0.15) is 12.1 Å². The molecule has 5 nitrogen and oxygen atoms in total. The van der Waals surface area contributed by atoms with Crippen LogP contribution in [0.2, 0.25) is 0 Å². The molecule has 1 aromatic carbocycles. The minimum atomic E-state index is 0.688. The predicted octanol–water partition coefficient (Wildman–Crippen LogP) is 1.22. The summed E-state index contributed by atoms with van der Waals surface area (Å²) >= 11 is 0. The van der Waals surface area contributed by atoms with Gasteiger partial charge < -0.3 is 9.30 Å². The van der Waals surface area contributed by atoms with Crippen LogP contribution in [0.4, 0.5) is 0 Å². The molecular weight excluding hydrogens is 242 g/mol. The molecular formula is C14H17N3O2. The number of hydrogen-bond acceptors (Lipinski definition) is 4. The number of aryl methyl sites for hydroxylation is 1. The molecule has 2 aromatic rings. The molecule has 19 heavy (non-hydrogen) atoms. The molecule has 1 aliphatic heterocycles. The predicted molar refractivity (Wildman–Crippen MR) is 72.2 cm³/mol. The van der Waals surface area contributed by atoms with Gasteiger partial charge in [0, 0.05) is 25.7 Å². The summed E-state index contributed by atoms with van der Waals surface area (Å²) in [5, 5.41) is 0. The van der Waals surface area contributed by atoms with Gasteiger partial charge in [-0.05, 0) is 18.2 Å². The number of aromatic nitrogens is 2. The lowest BCUT2D eigenvalue weighted by molar-refractivity contribution is 0.0328. The number of carbonyl (C=O) groups excluding carboxylic acids is 1. The van der Waals surface area contributed by atoms with Gasteiger partial charge in [-0.15, -0.1) is 0 Å². The van der Waals surface area contributed by atoms with Crippen molar-refractivity contribution in [3.05, 3.63) is 29.6 Å². The van der Waals surface area contributed by atoms with Gasteiger partial charge >= 0.3 is 0 Å². The highest BCUT2D eigenvalue weighted by molar-refractivity contribution is 5.85. The number of rotatable bonds is 3. The van der Waals surface area contributed by atoms with Crippen LogP contribution in [0.15, 0.2) is 18.2 Å². The fourth-order valence-corrected chi connectivity index (χ4v) is 2.43. The lowest BCUT2D eigenvalue weighted by Gasteiger charge is -2.26. The largest absolute Gasteiger partial charge is 0.379 e. The first kappa shape index (κ1) is 12.3. The van der Waals surface area contributed by atoms with Crippen molar-refractivity contribution in [3.63, 3.8) is 0 Å². The van der Waals surface area contributed by atoms with Gasteiger partial charge in [-0.3, -0.25) is 9.69 Å². The Morgan fingerprint density at radius 3 is 2.89 bits per heavy atom. The van der Waals surface area contributed by atoms with Crippen molar-refractivity contribution in [3.8, 4) is 0 Å². The molecule has 0 spiro atoms. The van der Waals surface area contributed by atoms with Crippen molar-refractivity contribution in [2.45, 2.75) is 6.54 Å². The number of ether oxygens (including phenoxy) is 1. The average Bonchev–Trinajstić information content (AvgIpc) is 2.76. The molecule has 1 saturated heterocycles. The molecule has 1 fully saturated rings. The first-order chi connectivity index (χ1) is 9.28. The first-order valence-corrected chi connectivity index (χ1v) is 6.48. The van der Waals surface area contributed by atoms with Gasteiger partial charge in [0.2, 0.25) is 0 Å². The summed E-state index contributed by atoms with van der Waals surface area (Å²) in [5.41, 5.74) is 2.64. The Kier molecular flexibility index (Phi) is 3.31. The molecule has 0 unspecified atom stereocenters. The van der Waals surface area contributed by atoms with E-state index < -0.39 is 0 Å². The third-order valence-electron chi connectivity index (χ3n) is 3.60. The SMILES string of the molecule is Cn1c(CN2CCOCC2)nc2ccc(C=O)cc21. The van der Waals surface area contributed by atoms with E-state index in [0.29, 0.717) is 5.56 Å². The molecule has 2 heterocycles. The third kappa shape index (κ3) is 2.39. The summed E-state index contributed by atoms with van der Waals surface area (Å²) < 4.78 is 7.42. The topological polar surface area (TPSA) is 47.4 Å². The van der Waals surface area contributed by atoms with Crippen LogP contribution in [-0.2, 0) is 18.3 Å². The molecule has 0 bridgehead atoms. The molecule has 0 amide bonds. The lowest BCUT2D eigenvalue weighted by Crippen LogP contribution is -2.36. The number of imidazole rings is 1. The molecule has 3 rings (SSSR count). The maximum Gasteiger partial charge on any atom is 0.150 e. The molecule has 1 aromatic heterocycles. The van der Waals surface area contributed by atoms with Crippen molar-refractivity contribution in [2.24, 2.45) is 7.05 Å². The van der Waals surface area contributed by atoms with Crippen LogP contribution in [0.25, 0.3) is 11.0 Å². The van der Waals surface area contributed by atoms with Crippen LogP contribution < -0.4 is 0 Å². The summed E-state index contributed by atoms with van der Waals surface area (Å²) in [6.07, 6.45) is 0.869. The minimum Gasteiger partial charge on any atom is -0.379 e. The minimum absolute atomic E-state index is 0.688. The van der Waals surface area contributed by atoms with E-state index in [4.69, 9.17) is 4.74 Å². The van der Waals surface area contributed by atoms with Crippen LogP contribution in [0.3, 0.4) is 0 Å². The van der Waals surface area contributed by atoms with Crippen molar-refractivity contribution in [1.82, 2.24) is 14.5 Å². The Labute approximate surface area is 111 Å². The van der Waals surface area contributed by atoms with Crippen LogP contribution in [-0.4, -0.2) is 47.0 Å². The Balaban J connectivity index is 1.90. The highest BCUT2D eigenvalue weighted by atomic mass is 16.5. The van der Waals surface area contributed by atoms with Crippen molar-refractivity contribution in [2.75, 3.05) is 26.3 Å². The zero-order valence-electron chi connectivity index (χ0n) is 11.0. The fourth-order valence-electron chi connectivity index (χ4n) is 2.43. The van der Waals surface area contributed by atoms with Crippen molar-refractivity contribution >= 4 is 17.3 Å². The van der Waals surface area contributed by atoms with Gasteiger partial charge in [-0.2, -0.15) is 0 Å². The van der Waals surface area contributed by atoms with E-state index in [0.717, 1.165) is 56.0 Å². The van der Waals surface area contributed by atoms with Crippen molar-refractivity contribution < 1.29 is 9.53 Å². The van der Waals surface area contributed by atoms with Crippen LogP contribution in [0.5, 0.6) is 0 Å². The second kappa shape index (κ2) is 5.11. The summed E-state index contributed by atoms with van der Waals surface area (Å²) in [5.74, 6) is 1.03. The molecule has 0 radical (unpaired) electrons.